The number of nitrogens with zero attached hydrogens (tertiary/aromatic N) is 2. The number of aromatic nitrogens is 1. The van der Waals surface area contributed by atoms with Gasteiger partial charge < -0.3 is 10.4 Å². The minimum Gasteiger partial charge on any atom is -0.506 e. The highest BCUT2D eigenvalue weighted by Gasteiger charge is 2.09. The Morgan fingerprint density at radius 3 is 2.57 bits per heavy atom. The molecule has 0 aliphatic heterocycles. The zero-order chi connectivity index (χ0) is 16.2. The number of aromatic hydroxyl groups is 1. The average Bonchev–Trinajstić information content (AvgIpc) is 2.59. The van der Waals surface area contributed by atoms with Crippen molar-refractivity contribution < 1.29 is 5.11 Å². The maximum atomic E-state index is 9.92. The van der Waals surface area contributed by atoms with Crippen molar-refractivity contribution in [2.24, 2.45) is 0 Å². The summed E-state index contributed by atoms with van der Waals surface area (Å²) in [5.41, 5.74) is 3.83. The predicted molar refractivity (Wildman–Crippen MR) is 90.5 cm³/mol. The molecule has 3 rings (SSSR count). The number of hydrogen-bond donors (Lipinski definition) is 2. The SMILES string of the molecule is Cc1ccc(O)c(Nc2ncc(-c3ccccc3)cc2C#N)c1. The van der Waals surface area contributed by atoms with Crippen LogP contribution in [-0.4, -0.2) is 10.1 Å². The molecule has 23 heavy (non-hydrogen) atoms. The Kier molecular flexibility index (Phi) is 3.94. The van der Waals surface area contributed by atoms with Gasteiger partial charge in [-0.15, -0.1) is 0 Å². The van der Waals surface area contributed by atoms with Crippen LogP contribution in [0.25, 0.3) is 11.1 Å². The number of pyridine rings is 1. The Morgan fingerprint density at radius 1 is 1.04 bits per heavy atom. The third-order valence-corrected chi connectivity index (χ3v) is 3.52. The maximum absolute atomic E-state index is 9.92. The van der Waals surface area contributed by atoms with E-state index in [-0.39, 0.29) is 5.75 Å². The predicted octanol–water partition coefficient (Wildman–Crippen LogP) is 4.38. The van der Waals surface area contributed by atoms with Crippen LogP contribution in [0.5, 0.6) is 5.75 Å². The number of phenols is 1. The number of anilines is 2. The van der Waals surface area contributed by atoms with Crippen molar-refractivity contribution in [3.63, 3.8) is 0 Å². The molecule has 2 aromatic carbocycles. The van der Waals surface area contributed by atoms with Gasteiger partial charge in [-0.1, -0.05) is 36.4 Å². The fourth-order valence-corrected chi connectivity index (χ4v) is 2.32. The van der Waals surface area contributed by atoms with Gasteiger partial charge in [-0.2, -0.15) is 5.26 Å². The first-order chi connectivity index (χ1) is 11.2. The summed E-state index contributed by atoms with van der Waals surface area (Å²) in [5, 5.41) is 22.3. The zero-order valence-corrected chi connectivity index (χ0v) is 12.6. The van der Waals surface area contributed by atoms with Crippen molar-refractivity contribution in [2.75, 3.05) is 5.32 Å². The van der Waals surface area contributed by atoms with E-state index in [1.54, 1.807) is 18.3 Å². The lowest BCUT2D eigenvalue weighted by Gasteiger charge is -2.11. The topological polar surface area (TPSA) is 68.9 Å². The third kappa shape index (κ3) is 3.14. The molecule has 0 saturated heterocycles. The zero-order valence-electron chi connectivity index (χ0n) is 12.6. The van der Waals surface area contributed by atoms with E-state index in [0.29, 0.717) is 17.1 Å². The molecule has 0 atom stereocenters. The Morgan fingerprint density at radius 2 is 1.83 bits per heavy atom. The Bertz CT molecular complexity index is 883. The van der Waals surface area contributed by atoms with Crippen LogP contribution in [0.3, 0.4) is 0 Å². The number of nitrogens with one attached hydrogen (secondary N) is 1. The van der Waals surface area contributed by atoms with E-state index < -0.39 is 0 Å². The molecule has 0 unspecified atom stereocenters. The van der Waals surface area contributed by atoms with Gasteiger partial charge in [0.05, 0.1) is 11.3 Å². The molecular formula is C19H15N3O. The van der Waals surface area contributed by atoms with Crippen LogP contribution in [-0.2, 0) is 0 Å². The molecule has 0 aliphatic rings. The van der Waals surface area contributed by atoms with E-state index >= 15 is 0 Å². The van der Waals surface area contributed by atoms with Crippen molar-refractivity contribution in [1.29, 1.82) is 5.26 Å². The van der Waals surface area contributed by atoms with Crippen LogP contribution in [0, 0.1) is 18.3 Å². The van der Waals surface area contributed by atoms with Crippen molar-refractivity contribution in [3.8, 4) is 22.9 Å². The molecular weight excluding hydrogens is 286 g/mol. The second-order valence-electron chi connectivity index (χ2n) is 5.24. The highest BCUT2D eigenvalue weighted by Crippen LogP contribution is 2.29. The van der Waals surface area contributed by atoms with E-state index in [9.17, 15) is 10.4 Å². The lowest BCUT2D eigenvalue weighted by Crippen LogP contribution is -1.98. The van der Waals surface area contributed by atoms with Crippen LogP contribution < -0.4 is 5.32 Å². The first-order valence-electron chi connectivity index (χ1n) is 7.19. The van der Waals surface area contributed by atoms with Crippen LogP contribution in [0.1, 0.15) is 11.1 Å². The van der Waals surface area contributed by atoms with Crippen molar-refractivity contribution in [1.82, 2.24) is 4.98 Å². The molecule has 0 amide bonds. The number of benzene rings is 2. The van der Waals surface area contributed by atoms with E-state index in [0.717, 1.165) is 16.7 Å². The third-order valence-electron chi connectivity index (χ3n) is 3.52. The van der Waals surface area contributed by atoms with Gasteiger partial charge in [-0.25, -0.2) is 4.98 Å². The summed E-state index contributed by atoms with van der Waals surface area (Å²) in [6.45, 7) is 1.93. The number of nitriles is 1. The monoisotopic (exact) mass is 301 g/mol. The van der Waals surface area contributed by atoms with Gasteiger partial charge in [0.25, 0.3) is 0 Å². The van der Waals surface area contributed by atoms with Gasteiger partial charge in [0, 0.05) is 11.8 Å². The molecule has 1 aromatic heterocycles. The normalized spacial score (nSPS) is 10.1. The van der Waals surface area contributed by atoms with Gasteiger partial charge in [0.15, 0.2) is 0 Å². The van der Waals surface area contributed by atoms with E-state index in [1.807, 2.05) is 49.4 Å². The number of aryl methyl sites for hydroxylation is 1. The quantitative estimate of drug-likeness (QED) is 0.704. The summed E-state index contributed by atoms with van der Waals surface area (Å²) in [7, 11) is 0. The molecule has 4 heteroatoms. The second kappa shape index (κ2) is 6.20. The Hall–Kier alpha value is -3.32. The fraction of sp³-hybridized carbons (Fsp3) is 0.0526. The molecule has 0 aliphatic carbocycles. The van der Waals surface area contributed by atoms with Gasteiger partial charge in [0.2, 0.25) is 0 Å². The van der Waals surface area contributed by atoms with E-state index in [1.165, 1.54) is 0 Å². The molecule has 0 fully saturated rings. The molecule has 4 nitrogen and oxygen atoms in total. The number of rotatable bonds is 3. The first kappa shape index (κ1) is 14.6. The summed E-state index contributed by atoms with van der Waals surface area (Å²) < 4.78 is 0. The van der Waals surface area contributed by atoms with Crippen LogP contribution in [0.2, 0.25) is 0 Å². The summed E-state index contributed by atoms with van der Waals surface area (Å²) in [6, 6.07) is 19.0. The minimum atomic E-state index is 0.119. The molecule has 112 valence electrons. The van der Waals surface area contributed by atoms with Crippen LogP contribution >= 0.6 is 0 Å². The Balaban J connectivity index is 1.98. The highest BCUT2D eigenvalue weighted by molar-refractivity contribution is 5.72. The fourth-order valence-electron chi connectivity index (χ4n) is 2.32. The van der Waals surface area contributed by atoms with Gasteiger partial charge in [-0.3, -0.25) is 0 Å². The van der Waals surface area contributed by atoms with Crippen molar-refractivity contribution in [3.05, 3.63) is 71.9 Å². The van der Waals surface area contributed by atoms with E-state index in [4.69, 9.17) is 0 Å². The highest BCUT2D eigenvalue weighted by atomic mass is 16.3. The molecule has 2 N–H and O–H groups in total. The lowest BCUT2D eigenvalue weighted by atomic mass is 10.1. The molecule has 3 aromatic rings. The maximum Gasteiger partial charge on any atom is 0.148 e. The standard InChI is InChI=1S/C19H15N3O/c1-13-7-8-18(23)17(9-13)22-19-15(11-20)10-16(12-21-19)14-5-3-2-4-6-14/h2-10,12,23H,1H3,(H,21,22). The molecule has 0 radical (unpaired) electrons. The van der Waals surface area contributed by atoms with Crippen molar-refractivity contribution in [2.45, 2.75) is 6.92 Å². The largest absolute Gasteiger partial charge is 0.506 e. The van der Waals surface area contributed by atoms with E-state index in [2.05, 4.69) is 16.4 Å². The Labute approximate surface area is 134 Å². The van der Waals surface area contributed by atoms with Gasteiger partial charge in [-0.05, 0) is 36.2 Å². The first-order valence-corrected chi connectivity index (χ1v) is 7.19. The number of hydrogen-bond acceptors (Lipinski definition) is 4. The average molecular weight is 301 g/mol. The molecule has 1 heterocycles. The van der Waals surface area contributed by atoms with Gasteiger partial charge >= 0.3 is 0 Å². The van der Waals surface area contributed by atoms with Crippen LogP contribution in [0.4, 0.5) is 11.5 Å². The summed E-state index contributed by atoms with van der Waals surface area (Å²) in [5.74, 6) is 0.543. The lowest BCUT2D eigenvalue weighted by molar-refractivity contribution is 0.477. The minimum absolute atomic E-state index is 0.119. The molecule has 0 saturated carbocycles. The summed E-state index contributed by atoms with van der Waals surface area (Å²) >= 11 is 0. The van der Waals surface area contributed by atoms with Gasteiger partial charge in [0.1, 0.15) is 17.6 Å². The van der Waals surface area contributed by atoms with Crippen LogP contribution in [0.15, 0.2) is 60.8 Å². The summed E-state index contributed by atoms with van der Waals surface area (Å²) in [4.78, 5) is 4.35. The molecule has 0 spiro atoms. The molecule has 0 bridgehead atoms. The second-order valence-corrected chi connectivity index (χ2v) is 5.24. The summed E-state index contributed by atoms with van der Waals surface area (Å²) in [6.07, 6.45) is 1.71. The smallest absolute Gasteiger partial charge is 0.148 e. The van der Waals surface area contributed by atoms with Crippen molar-refractivity contribution >= 4 is 11.5 Å². The number of phenolic OH excluding ortho intramolecular Hbond substituents is 1.